The molecule has 0 amide bonds. The molecule has 1 heterocycles. The van der Waals surface area contributed by atoms with Crippen LogP contribution in [0.5, 0.6) is 11.5 Å². The van der Waals surface area contributed by atoms with Gasteiger partial charge < -0.3 is 9.47 Å². The highest BCUT2D eigenvalue weighted by atomic mass is 16.5. The van der Waals surface area contributed by atoms with Crippen molar-refractivity contribution in [2.24, 2.45) is 0 Å². The minimum Gasteiger partial charge on any atom is -0.493 e. The summed E-state index contributed by atoms with van der Waals surface area (Å²) in [5.74, 6) is 1.60. The van der Waals surface area contributed by atoms with Gasteiger partial charge in [-0.05, 0) is 24.6 Å². The number of carbonyl (C=O) groups is 1. The number of hydrogen-bond donors (Lipinski definition) is 0. The van der Waals surface area contributed by atoms with E-state index in [1.807, 2.05) is 48.5 Å². The van der Waals surface area contributed by atoms with Crippen LogP contribution in [0.4, 0.5) is 0 Å². The summed E-state index contributed by atoms with van der Waals surface area (Å²) >= 11 is 0. The van der Waals surface area contributed by atoms with Crippen molar-refractivity contribution in [3.8, 4) is 11.5 Å². The van der Waals surface area contributed by atoms with Crippen molar-refractivity contribution >= 4 is 5.78 Å². The minimum atomic E-state index is -0.278. The van der Waals surface area contributed by atoms with Crippen molar-refractivity contribution < 1.29 is 14.3 Å². The molecule has 0 radical (unpaired) electrons. The number of rotatable bonds is 6. The van der Waals surface area contributed by atoms with E-state index in [4.69, 9.17) is 9.47 Å². The number of carbonyl (C=O) groups excluding carboxylic acids is 1. The Morgan fingerprint density at radius 1 is 1.09 bits per heavy atom. The van der Waals surface area contributed by atoms with Crippen molar-refractivity contribution in [2.75, 3.05) is 6.61 Å². The van der Waals surface area contributed by atoms with Gasteiger partial charge in [0.25, 0.3) is 0 Å². The molecule has 120 valence electrons. The monoisotopic (exact) mass is 310 g/mol. The van der Waals surface area contributed by atoms with Gasteiger partial charge in [-0.25, -0.2) is 0 Å². The van der Waals surface area contributed by atoms with Gasteiger partial charge in [-0.1, -0.05) is 50.1 Å². The van der Waals surface area contributed by atoms with Gasteiger partial charge in [-0.15, -0.1) is 0 Å². The van der Waals surface area contributed by atoms with E-state index in [0.29, 0.717) is 24.3 Å². The average molecular weight is 310 g/mol. The van der Waals surface area contributed by atoms with E-state index in [9.17, 15) is 4.79 Å². The van der Waals surface area contributed by atoms with Crippen LogP contribution in [-0.4, -0.2) is 12.4 Å². The van der Waals surface area contributed by atoms with Crippen molar-refractivity contribution in [3.05, 3.63) is 59.7 Å². The Morgan fingerprint density at radius 2 is 1.87 bits per heavy atom. The molecule has 2 aromatic rings. The predicted molar refractivity (Wildman–Crippen MR) is 90.2 cm³/mol. The third kappa shape index (κ3) is 3.55. The van der Waals surface area contributed by atoms with Crippen LogP contribution >= 0.6 is 0 Å². The zero-order valence-electron chi connectivity index (χ0n) is 13.5. The summed E-state index contributed by atoms with van der Waals surface area (Å²) in [5.41, 5.74) is 1.62. The summed E-state index contributed by atoms with van der Waals surface area (Å²) in [6, 6.07) is 15.3. The van der Waals surface area contributed by atoms with Gasteiger partial charge in [-0.3, -0.25) is 4.79 Å². The van der Waals surface area contributed by atoms with Crippen molar-refractivity contribution in [1.82, 2.24) is 0 Å². The number of fused-ring (bicyclic) bond motifs is 1. The van der Waals surface area contributed by atoms with Gasteiger partial charge in [0.15, 0.2) is 5.78 Å². The molecule has 0 spiro atoms. The zero-order valence-corrected chi connectivity index (χ0v) is 13.5. The fourth-order valence-corrected chi connectivity index (χ4v) is 2.86. The lowest BCUT2D eigenvalue weighted by Gasteiger charge is -2.26. The molecule has 1 aliphatic rings. The van der Waals surface area contributed by atoms with E-state index in [-0.39, 0.29) is 11.9 Å². The first kappa shape index (κ1) is 15.6. The molecule has 0 fully saturated rings. The van der Waals surface area contributed by atoms with E-state index < -0.39 is 0 Å². The van der Waals surface area contributed by atoms with Crippen LogP contribution < -0.4 is 9.47 Å². The number of unbranched alkanes of at least 4 members (excludes halogenated alkanes) is 2. The number of ketones is 1. The van der Waals surface area contributed by atoms with Crippen LogP contribution in [-0.2, 0) is 0 Å². The van der Waals surface area contributed by atoms with Gasteiger partial charge in [0.2, 0.25) is 0 Å². The predicted octanol–water partition coefficient (Wildman–Crippen LogP) is 4.96. The lowest BCUT2D eigenvalue weighted by atomic mass is 9.96. The van der Waals surface area contributed by atoms with Gasteiger partial charge in [0.05, 0.1) is 18.6 Å². The van der Waals surface area contributed by atoms with Crippen LogP contribution in [0.15, 0.2) is 48.5 Å². The van der Waals surface area contributed by atoms with Gasteiger partial charge >= 0.3 is 0 Å². The molecule has 3 heteroatoms. The van der Waals surface area contributed by atoms with Crippen molar-refractivity contribution in [3.63, 3.8) is 0 Å². The van der Waals surface area contributed by atoms with Crippen LogP contribution in [0.2, 0.25) is 0 Å². The van der Waals surface area contributed by atoms with E-state index in [1.165, 1.54) is 6.42 Å². The Kier molecular flexibility index (Phi) is 4.96. The molecule has 1 atom stereocenters. The van der Waals surface area contributed by atoms with Crippen molar-refractivity contribution in [1.29, 1.82) is 0 Å². The van der Waals surface area contributed by atoms with Gasteiger partial charge in [-0.2, -0.15) is 0 Å². The molecular weight excluding hydrogens is 288 g/mol. The topological polar surface area (TPSA) is 35.5 Å². The molecule has 23 heavy (non-hydrogen) atoms. The normalized spacial score (nSPS) is 16.6. The number of hydrogen-bond acceptors (Lipinski definition) is 3. The molecule has 0 aromatic heterocycles. The fourth-order valence-electron chi connectivity index (χ4n) is 2.86. The Morgan fingerprint density at radius 3 is 2.74 bits per heavy atom. The highest BCUT2D eigenvalue weighted by molar-refractivity contribution is 6.00. The average Bonchev–Trinajstić information content (AvgIpc) is 2.59. The molecule has 0 saturated carbocycles. The van der Waals surface area contributed by atoms with Crippen molar-refractivity contribution in [2.45, 2.75) is 38.7 Å². The Hall–Kier alpha value is -2.29. The van der Waals surface area contributed by atoms with E-state index in [1.54, 1.807) is 0 Å². The molecule has 0 aliphatic carbocycles. The molecule has 0 saturated heterocycles. The number of Topliss-reactive ketones (excluding diaryl/α,β-unsaturated/α-hetero) is 1. The molecule has 0 bridgehead atoms. The van der Waals surface area contributed by atoms with Crippen LogP contribution in [0.1, 0.15) is 54.6 Å². The van der Waals surface area contributed by atoms with Gasteiger partial charge in [0, 0.05) is 5.56 Å². The third-order valence-electron chi connectivity index (χ3n) is 4.10. The van der Waals surface area contributed by atoms with Gasteiger partial charge in [0.1, 0.15) is 17.6 Å². The van der Waals surface area contributed by atoms with E-state index >= 15 is 0 Å². The van der Waals surface area contributed by atoms with Crippen LogP contribution in [0.3, 0.4) is 0 Å². The standard InChI is InChI=1S/C20H22O3/c1-2-3-8-13-22-18-11-6-5-10-16(18)20-14-17(21)15-9-4-7-12-19(15)23-20/h4-7,9-12,20H,2-3,8,13-14H2,1H3. The summed E-state index contributed by atoms with van der Waals surface area (Å²) in [6.45, 7) is 2.87. The molecule has 1 unspecified atom stereocenters. The highest BCUT2D eigenvalue weighted by Crippen LogP contribution is 2.37. The Bertz CT molecular complexity index is 678. The molecular formula is C20H22O3. The number of ether oxygens (including phenoxy) is 2. The summed E-state index contributed by atoms with van der Waals surface area (Å²) < 4.78 is 12.0. The Labute approximate surface area is 137 Å². The first-order chi connectivity index (χ1) is 11.3. The first-order valence-corrected chi connectivity index (χ1v) is 8.30. The number of benzene rings is 2. The second-order valence-corrected chi connectivity index (χ2v) is 5.82. The smallest absolute Gasteiger partial charge is 0.170 e. The SMILES string of the molecule is CCCCCOc1ccccc1C1CC(=O)c2ccccc2O1. The largest absolute Gasteiger partial charge is 0.493 e. The highest BCUT2D eigenvalue weighted by Gasteiger charge is 2.29. The summed E-state index contributed by atoms with van der Waals surface area (Å²) in [5, 5.41) is 0. The number of para-hydroxylation sites is 2. The van der Waals surface area contributed by atoms with Crippen LogP contribution in [0.25, 0.3) is 0 Å². The second-order valence-electron chi connectivity index (χ2n) is 5.82. The molecule has 1 aliphatic heterocycles. The summed E-state index contributed by atoms with van der Waals surface area (Å²) in [7, 11) is 0. The molecule has 3 nitrogen and oxygen atoms in total. The maximum atomic E-state index is 12.4. The summed E-state index contributed by atoms with van der Waals surface area (Å²) in [6.07, 6.45) is 3.44. The minimum absolute atomic E-state index is 0.123. The van der Waals surface area contributed by atoms with E-state index in [0.717, 1.165) is 24.2 Å². The third-order valence-corrected chi connectivity index (χ3v) is 4.10. The lowest BCUT2D eigenvalue weighted by molar-refractivity contribution is 0.0846. The maximum absolute atomic E-state index is 12.4. The molecule has 3 rings (SSSR count). The quantitative estimate of drug-likeness (QED) is 0.707. The zero-order chi connectivity index (χ0) is 16.1. The second kappa shape index (κ2) is 7.32. The molecule has 2 aromatic carbocycles. The lowest BCUT2D eigenvalue weighted by Crippen LogP contribution is -2.21. The first-order valence-electron chi connectivity index (χ1n) is 8.30. The Balaban J connectivity index is 1.79. The maximum Gasteiger partial charge on any atom is 0.170 e. The molecule has 0 N–H and O–H groups in total. The fraction of sp³-hybridized carbons (Fsp3) is 0.350. The van der Waals surface area contributed by atoms with E-state index in [2.05, 4.69) is 6.92 Å². The van der Waals surface area contributed by atoms with Crippen LogP contribution in [0, 0.1) is 0 Å². The summed E-state index contributed by atoms with van der Waals surface area (Å²) in [4.78, 5) is 12.4.